The normalized spacial score (nSPS) is 13.3. The summed E-state index contributed by atoms with van der Waals surface area (Å²) in [6.07, 6.45) is 1.82. The highest BCUT2D eigenvalue weighted by Gasteiger charge is 2.13. The Morgan fingerprint density at radius 2 is 1.96 bits per heavy atom. The van der Waals surface area contributed by atoms with Crippen molar-refractivity contribution >= 4 is 16.0 Å². The standard InChI is InChI=1S/C19H34N4O4S/c1-6-20-19(21-12-9-13-23(7-2)28(5,24)25)22-15-16(3)27-18-11-8-10-17(14-18)26-4/h8,10-11,14,16H,6-7,9,12-13,15H2,1-5H3,(H2,20,21,22). The van der Waals surface area contributed by atoms with Crippen LogP contribution in [0.3, 0.4) is 0 Å². The molecule has 0 radical (unpaired) electrons. The van der Waals surface area contributed by atoms with Crippen LogP contribution in [0, 0.1) is 0 Å². The van der Waals surface area contributed by atoms with Gasteiger partial charge in [-0.2, -0.15) is 0 Å². The molecule has 0 aliphatic rings. The molecule has 8 nitrogen and oxygen atoms in total. The molecule has 0 heterocycles. The molecule has 0 saturated heterocycles. The molecule has 9 heteroatoms. The van der Waals surface area contributed by atoms with E-state index >= 15 is 0 Å². The highest BCUT2D eigenvalue weighted by molar-refractivity contribution is 7.88. The second kappa shape index (κ2) is 12.5. The molecule has 0 saturated carbocycles. The van der Waals surface area contributed by atoms with Crippen LogP contribution in [0.15, 0.2) is 29.3 Å². The van der Waals surface area contributed by atoms with E-state index < -0.39 is 10.0 Å². The van der Waals surface area contributed by atoms with Gasteiger partial charge >= 0.3 is 0 Å². The fraction of sp³-hybridized carbons (Fsp3) is 0.632. The maximum absolute atomic E-state index is 11.6. The van der Waals surface area contributed by atoms with E-state index in [1.807, 2.05) is 45.0 Å². The molecule has 1 rings (SSSR count). The molecule has 1 unspecified atom stereocenters. The van der Waals surface area contributed by atoms with Crippen LogP contribution in [0.4, 0.5) is 0 Å². The Labute approximate surface area is 169 Å². The largest absolute Gasteiger partial charge is 0.497 e. The highest BCUT2D eigenvalue weighted by atomic mass is 32.2. The average Bonchev–Trinajstić information content (AvgIpc) is 2.65. The third-order valence-corrected chi connectivity index (χ3v) is 5.31. The van der Waals surface area contributed by atoms with Crippen molar-refractivity contribution in [1.82, 2.24) is 14.9 Å². The van der Waals surface area contributed by atoms with E-state index in [4.69, 9.17) is 9.47 Å². The zero-order chi connectivity index (χ0) is 21.0. The van der Waals surface area contributed by atoms with E-state index in [-0.39, 0.29) is 6.10 Å². The lowest BCUT2D eigenvalue weighted by atomic mass is 10.3. The van der Waals surface area contributed by atoms with Gasteiger partial charge in [-0.1, -0.05) is 13.0 Å². The molecule has 1 aromatic carbocycles. The quantitative estimate of drug-likeness (QED) is 0.307. The minimum Gasteiger partial charge on any atom is -0.497 e. The Balaban J connectivity index is 2.49. The Kier molecular flexibility index (Phi) is 10.7. The third-order valence-electron chi connectivity index (χ3n) is 3.93. The minimum absolute atomic E-state index is 0.108. The number of guanidine groups is 1. The van der Waals surface area contributed by atoms with Gasteiger partial charge < -0.3 is 20.1 Å². The van der Waals surface area contributed by atoms with Crippen LogP contribution in [-0.4, -0.2) is 70.9 Å². The maximum Gasteiger partial charge on any atom is 0.211 e. The highest BCUT2D eigenvalue weighted by Crippen LogP contribution is 2.19. The molecule has 0 aliphatic carbocycles. The molecule has 0 aliphatic heterocycles. The van der Waals surface area contributed by atoms with Crippen molar-refractivity contribution in [2.45, 2.75) is 33.3 Å². The molecule has 0 spiro atoms. The molecule has 0 bridgehead atoms. The Bertz CT molecular complexity index is 710. The number of hydrogen-bond acceptors (Lipinski definition) is 5. The summed E-state index contributed by atoms with van der Waals surface area (Å²) in [5.74, 6) is 2.17. The fourth-order valence-electron chi connectivity index (χ4n) is 2.53. The molecule has 1 atom stereocenters. The first-order chi connectivity index (χ1) is 13.3. The molecule has 28 heavy (non-hydrogen) atoms. The van der Waals surface area contributed by atoms with Gasteiger partial charge in [0.15, 0.2) is 5.96 Å². The Morgan fingerprint density at radius 1 is 1.25 bits per heavy atom. The number of sulfonamides is 1. The summed E-state index contributed by atoms with van der Waals surface area (Å²) in [6, 6.07) is 7.47. The van der Waals surface area contributed by atoms with Crippen molar-refractivity contribution in [2.75, 3.05) is 46.1 Å². The van der Waals surface area contributed by atoms with Gasteiger partial charge in [-0.3, -0.25) is 0 Å². The maximum atomic E-state index is 11.6. The van der Waals surface area contributed by atoms with Gasteiger partial charge in [0.1, 0.15) is 17.6 Å². The van der Waals surface area contributed by atoms with Crippen molar-refractivity contribution in [3.05, 3.63) is 24.3 Å². The average molecular weight is 415 g/mol. The summed E-state index contributed by atoms with van der Waals surface area (Å²) in [5.41, 5.74) is 0. The van der Waals surface area contributed by atoms with Crippen LogP contribution in [-0.2, 0) is 10.0 Å². The van der Waals surface area contributed by atoms with Crippen LogP contribution in [0.5, 0.6) is 11.5 Å². The van der Waals surface area contributed by atoms with Crippen molar-refractivity contribution < 1.29 is 17.9 Å². The number of nitrogens with one attached hydrogen (secondary N) is 2. The first-order valence-corrected chi connectivity index (χ1v) is 11.4. The summed E-state index contributed by atoms with van der Waals surface area (Å²) in [4.78, 5) is 4.54. The SMILES string of the molecule is CCNC(=NCC(C)Oc1cccc(OC)c1)NCCCN(CC)S(C)(=O)=O. The second-order valence-electron chi connectivity index (χ2n) is 6.36. The number of ether oxygens (including phenoxy) is 2. The minimum atomic E-state index is -3.15. The molecule has 0 aromatic heterocycles. The zero-order valence-corrected chi connectivity index (χ0v) is 18.4. The first kappa shape index (κ1) is 24.0. The van der Waals surface area contributed by atoms with Crippen molar-refractivity contribution in [3.8, 4) is 11.5 Å². The monoisotopic (exact) mass is 414 g/mol. The van der Waals surface area contributed by atoms with Gasteiger partial charge in [0.2, 0.25) is 10.0 Å². The first-order valence-electron chi connectivity index (χ1n) is 9.58. The van der Waals surface area contributed by atoms with Crippen LogP contribution in [0.2, 0.25) is 0 Å². The molecule has 0 fully saturated rings. The fourth-order valence-corrected chi connectivity index (χ4v) is 3.46. The summed E-state index contributed by atoms with van der Waals surface area (Å²) < 4.78 is 35.8. The lowest BCUT2D eigenvalue weighted by Crippen LogP contribution is -2.40. The summed E-state index contributed by atoms with van der Waals surface area (Å²) in [6.45, 7) is 8.60. The van der Waals surface area contributed by atoms with E-state index in [1.54, 1.807) is 7.11 Å². The van der Waals surface area contributed by atoms with Crippen LogP contribution >= 0.6 is 0 Å². The molecule has 1 aromatic rings. The van der Waals surface area contributed by atoms with Gasteiger partial charge in [-0.25, -0.2) is 17.7 Å². The van der Waals surface area contributed by atoms with Crippen molar-refractivity contribution in [1.29, 1.82) is 0 Å². The van der Waals surface area contributed by atoms with Gasteiger partial charge in [0.05, 0.1) is 19.9 Å². The lowest BCUT2D eigenvalue weighted by molar-refractivity contribution is 0.229. The van der Waals surface area contributed by atoms with E-state index in [0.29, 0.717) is 38.6 Å². The van der Waals surface area contributed by atoms with E-state index in [1.165, 1.54) is 10.6 Å². The third kappa shape index (κ3) is 9.27. The number of methoxy groups -OCH3 is 1. The summed E-state index contributed by atoms with van der Waals surface area (Å²) in [7, 11) is -1.53. The number of hydrogen-bond donors (Lipinski definition) is 2. The summed E-state index contributed by atoms with van der Waals surface area (Å²) in [5, 5.41) is 6.41. The number of aliphatic imine (C=N–C) groups is 1. The predicted molar refractivity (Wildman–Crippen MR) is 114 cm³/mol. The van der Waals surface area contributed by atoms with Gasteiger partial charge in [0, 0.05) is 32.2 Å². The number of benzene rings is 1. The molecule has 0 amide bonds. The topological polar surface area (TPSA) is 92.3 Å². The molecular weight excluding hydrogens is 380 g/mol. The second-order valence-corrected chi connectivity index (χ2v) is 8.34. The van der Waals surface area contributed by atoms with E-state index in [2.05, 4.69) is 15.6 Å². The van der Waals surface area contributed by atoms with Crippen molar-refractivity contribution in [2.24, 2.45) is 4.99 Å². The Morgan fingerprint density at radius 3 is 2.57 bits per heavy atom. The number of nitrogens with zero attached hydrogens (tertiary/aromatic N) is 2. The molecular formula is C19H34N4O4S. The zero-order valence-electron chi connectivity index (χ0n) is 17.6. The van der Waals surface area contributed by atoms with Crippen LogP contribution < -0.4 is 20.1 Å². The van der Waals surface area contributed by atoms with Crippen LogP contribution in [0.25, 0.3) is 0 Å². The van der Waals surface area contributed by atoms with E-state index in [9.17, 15) is 8.42 Å². The van der Waals surface area contributed by atoms with Gasteiger partial charge in [-0.15, -0.1) is 0 Å². The number of rotatable bonds is 12. The molecule has 2 N–H and O–H groups in total. The van der Waals surface area contributed by atoms with Gasteiger partial charge in [-0.05, 0) is 32.4 Å². The van der Waals surface area contributed by atoms with E-state index in [0.717, 1.165) is 18.0 Å². The van der Waals surface area contributed by atoms with Crippen molar-refractivity contribution in [3.63, 3.8) is 0 Å². The molecule has 160 valence electrons. The smallest absolute Gasteiger partial charge is 0.211 e. The Hall–Kier alpha value is -2.00. The van der Waals surface area contributed by atoms with Gasteiger partial charge in [0.25, 0.3) is 0 Å². The van der Waals surface area contributed by atoms with Crippen LogP contribution in [0.1, 0.15) is 27.2 Å². The predicted octanol–water partition coefficient (Wildman–Crippen LogP) is 1.69. The summed E-state index contributed by atoms with van der Waals surface area (Å²) >= 11 is 0. The lowest BCUT2D eigenvalue weighted by Gasteiger charge is -2.18.